The fraction of sp³-hybridized carbons (Fsp3) is 0.600. The molecule has 9 heteroatoms. The molecule has 2 saturated carbocycles. The second-order valence-electron chi connectivity index (χ2n) is 11.3. The number of hydrogen-bond acceptors (Lipinski definition) is 2. The predicted molar refractivity (Wildman–Crippen MR) is 144 cm³/mol. The van der Waals surface area contributed by atoms with E-state index in [1.807, 2.05) is 0 Å². The Morgan fingerprint density at radius 2 is 0.872 bits per heavy atom. The van der Waals surface area contributed by atoms with Crippen molar-refractivity contribution in [3.8, 4) is 0 Å². The van der Waals surface area contributed by atoms with Crippen molar-refractivity contribution in [2.24, 2.45) is 23.7 Å². The van der Waals surface area contributed by atoms with Gasteiger partial charge in [-0.1, -0.05) is 46.9 Å². The number of ether oxygens (including phenoxy) is 2. The first-order chi connectivity index (χ1) is 18.5. The number of benzene rings is 2. The van der Waals surface area contributed by atoms with Crippen LogP contribution in [0.1, 0.15) is 73.6 Å². The third-order valence-electron chi connectivity index (χ3n) is 9.04. The Bertz CT molecular complexity index is 1010. The minimum Gasteiger partial charge on any atom is -0.342 e. The number of rotatable bonds is 4. The molecule has 2 aromatic rings. The van der Waals surface area contributed by atoms with Crippen LogP contribution >= 0.6 is 22.6 Å². The summed E-state index contributed by atoms with van der Waals surface area (Å²) in [6.45, 7) is 0.661. The van der Waals surface area contributed by atoms with Crippen LogP contribution in [0.3, 0.4) is 0 Å². The van der Waals surface area contributed by atoms with Gasteiger partial charge in [-0.2, -0.15) is 26.3 Å². The standard InChI is InChI=1S/C30H33F6IO2/c31-29(32,33)25-11-7-23(8-12-25)28(24-9-13-26(14-10-24)30(34,35)36)38-17-22(18-39-28)21-3-1-19(2-4-21)20-5-15-27(37)16-6-20/h7-14,19-22,27H,1-6,15-18H2. The molecule has 3 fully saturated rings. The minimum atomic E-state index is -4.51. The fourth-order valence-corrected chi connectivity index (χ4v) is 7.42. The van der Waals surface area contributed by atoms with Crippen LogP contribution in [0, 0.1) is 23.7 Å². The van der Waals surface area contributed by atoms with Gasteiger partial charge >= 0.3 is 12.4 Å². The van der Waals surface area contributed by atoms with E-state index < -0.39 is 29.3 Å². The Kier molecular flexibility index (Phi) is 8.61. The highest BCUT2D eigenvalue weighted by molar-refractivity contribution is 14.1. The molecule has 5 rings (SSSR count). The van der Waals surface area contributed by atoms with E-state index in [2.05, 4.69) is 22.6 Å². The Morgan fingerprint density at radius 1 is 0.538 bits per heavy atom. The van der Waals surface area contributed by atoms with Gasteiger partial charge in [-0.3, -0.25) is 0 Å². The van der Waals surface area contributed by atoms with Gasteiger partial charge in [0, 0.05) is 21.0 Å². The average Bonchev–Trinajstić information content (AvgIpc) is 2.93. The van der Waals surface area contributed by atoms with Gasteiger partial charge in [0.2, 0.25) is 5.79 Å². The highest BCUT2D eigenvalue weighted by Gasteiger charge is 2.45. The molecule has 2 aromatic carbocycles. The normalized spacial score (nSPS) is 28.8. The first-order valence-corrected chi connectivity index (χ1v) is 15.0. The topological polar surface area (TPSA) is 18.5 Å². The van der Waals surface area contributed by atoms with E-state index in [1.165, 1.54) is 62.8 Å². The summed E-state index contributed by atoms with van der Waals surface area (Å²) in [5.74, 6) is 0.588. The van der Waals surface area contributed by atoms with Crippen LogP contribution in [-0.4, -0.2) is 17.1 Å². The van der Waals surface area contributed by atoms with Crippen molar-refractivity contribution in [3.63, 3.8) is 0 Å². The molecule has 1 aliphatic heterocycles. The molecule has 0 radical (unpaired) electrons. The summed E-state index contributed by atoms with van der Waals surface area (Å²) in [7, 11) is 0. The molecule has 2 nitrogen and oxygen atoms in total. The van der Waals surface area contributed by atoms with E-state index >= 15 is 0 Å². The lowest BCUT2D eigenvalue weighted by Crippen LogP contribution is -2.45. The average molecular weight is 666 g/mol. The lowest BCUT2D eigenvalue weighted by Gasteiger charge is -2.45. The molecule has 214 valence electrons. The lowest BCUT2D eigenvalue weighted by atomic mass is 9.68. The largest absolute Gasteiger partial charge is 0.416 e. The maximum Gasteiger partial charge on any atom is 0.416 e. The van der Waals surface area contributed by atoms with Gasteiger partial charge in [0.05, 0.1) is 24.3 Å². The Hall–Kier alpha value is -1.33. The molecular weight excluding hydrogens is 633 g/mol. The van der Waals surface area contributed by atoms with Gasteiger partial charge in [0.25, 0.3) is 0 Å². The SMILES string of the molecule is FC(F)(F)c1ccc(C2(c3ccc(C(F)(F)F)cc3)OCC(C3CCC(C4CCC(I)CC4)CC3)CO2)cc1. The van der Waals surface area contributed by atoms with Gasteiger partial charge in [0.1, 0.15) is 0 Å². The van der Waals surface area contributed by atoms with E-state index in [4.69, 9.17) is 9.47 Å². The summed E-state index contributed by atoms with van der Waals surface area (Å²) >= 11 is 2.56. The number of halogens is 7. The van der Waals surface area contributed by atoms with Gasteiger partial charge in [-0.05, 0) is 93.4 Å². The maximum atomic E-state index is 13.2. The summed E-state index contributed by atoms with van der Waals surface area (Å²) in [6.07, 6.45) is 0.835. The van der Waals surface area contributed by atoms with E-state index in [0.29, 0.717) is 30.3 Å². The molecule has 0 amide bonds. The molecule has 3 aliphatic rings. The zero-order chi connectivity index (χ0) is 27.8. The van der Waals surface area contributed by atoms with Crippen LogP contribution in [-0.2, 0) is 27.6 Å². The maximum absolute atomic E-state index is 13.2. The molecule has 0 aromatic heterocycles. The molecule has 39 heavy (non-hydrogen) atoms. The summed E-state index contributed by atoms with van der Waals surface area (Å²) in [5.41, 5.74) is -0.982. The van der Waals surface area contributed by atoms with Crippen LogP contribution in [0.4, 0.5) is 26.3 Å². The zero-order valence-electron chi connectivity index (χ0n) is 21.5. The van der Waals surface area contributed by atoms with Gasteiger partial charge < -0.3 is 9.47 Å². The molecule has 0 atom stereocenters. The second kappa shape index (κ2) is 11.5. The monoisotopic (exact) mass is 666 g/mol. The Labute approximate surface area is 239 Å². The zero-order valence-corrected chi connectivity index (χ0v) is 23.7. The Balaban J connectivity index is 1.31. The van der Waals surface area contributed by atoms with E-state index in [0.717, 1.165) is 52.9 Å². The number of alkyl halides is 7. The molecule has 1 heterocycles. The minimum absolute atomic E-state index is 0.132. The summed E-state index contributed by atoms with van der Waals surface area (Å²) < 4.78 is 92.6. The lowest BCUT2D eigenvalue weighted by molar-refractivity contribution is -0.274. The van der Waals surface area contributed by atoms with Crippen molar-refractivity contribution in [1.29, 1.82) is 0 Å². The van der Waals surface area contributed by atoms with E-state index in [9.17, 15) is 26.3 Å². The quantitative estimate of drug-likeness (QED) is 0.184. The van der Waals surface area contributed by atoms with Crippen LogP contribution in [0.15, 0.2) is 48.5 Å². The highest BCUT2D eigenvalue weighted by Crippen LogP contribution is 2.46. The van der Waals surface area contributed by atoms with Crippen molar-refractivity contribution < 1.29 is 35.8 Å². The fourth-order valence-electron chi connectivity index (χ4n) is 6.71. The third kappa shape index (κ3) is 6.45. The smallest absolute Gasteiger partial charge is 0.342 e. The third-order valence-corrected chi connectivity index (χ3v) is 10.3. The number of hydrogen-bond donors (Lipinski definition) is 0. The van der Waals surface area contributed by atoms with Crippen LogP contribution in [0.25, 0.3) is 0 Å². The van der Waals surface area contributed by atoms with Gasteiger partial charge in [0.15, 0.2) is 0 Å². The summed E-state index contributed by atoms with van der Waals surface area (Å²) in [5, 5.41) is 0. The molecule has 1 saturated heterocycles. The van der Waals surface area contributed by atoms with Crippen molar-refractivity contribution in [1.82, 2.24) is 0 Å². The Morgan fingerprint density at radius 3 is 1.23 bits per heavy atom. The van der Waals surface area contributed by atoms with E-state index in [-0.39, 0.29) is 5.92 Å². The molecule has 0 spiro atoms. The molecular formula is C30H33F6IO2. The van der Waals surface area contributed by atoms with Crippen molar-refractivity contribution in [2.75, 3.05) is 13.2 Å². The van der Waals surface area contributed by atoms with Crippen molar-refractivity contribution >= 4 is 22.6 Å². The predicted octanol–water partition coefficient (Wildman–Crippen LogP) is 9.39. The summed E-state index contributed by atoms with van der Waals surface area (Å²) in [4.78, 5) is 0. The van der Waals surface area contributed by atoms with Crippen molar-refractivity contribution in [3.05, 3.63) is 70.8 Å². The summed E-state index contributed by atoms with van der Waals surface area (Å²) in [6, 6.07) is 8.96. The highest BCUT2D eigenvalue weighted by atomic mass is 127. The molecule has 2 aliphatic carbocycles. The molecule has 0 N–H and O–H groups in total. The molecule has 0 unspecified atom stereocenters. The second-order valence-corrected chi connectivity index (χ2v) is 13.1. The van der Waals surface area contributed by atoms with Crippen LogP contribution < -0.4 is 0 Å². The van der Waals surface area contributed by atoms with Gasteiger partial charge in [-0.25, -0.2) is 0 Å². The molecule has 0 bridgehead atoms. The van der Waals surface area contributed by atoms with Crippen molar-refractivity contribution in [2.45, 2.75) is 73.4 Å². The van der Waals surface area contributed by atoms with E-state index in [1.54, 1.807) is 0 Å². The van der Waals surface area contributed by atoms with Crippen LogP contribution in [0.5, 0.6) is 0 Å². The first kappa shape index (κ1) is 29.2. The van der Waals surface area contributed by atoms with Crippen LogP contribution in [0.2, 0.25) is 0 Å². The first-order valence-electron chi connectivity index (χ1n) is 13.7. The van der Waals surface area contributed by atoms with Gasteiger partial charge in [-0.15, -0.1) is 0 Å².